The molecule has 1 aliphatic carbocycles. The Morgan fingerprint density at radius 3 is 2.78 bits per heavy atom. The van der Waals surface area contributed by atoms with Crippen molar-refractivity contribution >= 4 is 5.95 Å². The van der Waals surface area contributed by atoms with Crippen molar-refractivity contribution in [2.75, 3.05) is 5.32 Å². The number of aromatic nitrogens is 2. The first kappa shape index (κ1) is 11.1. The summed E-state index contributed by atoms with van der Waals surface area (Å²) in [6.07, 6.45) is 3.74. The van der Waals surface area contributed by atoms with E-state index in [0.29, 0.717) is 17.7 Å². The van der Waals surface area contributed by atoms with Gasteiger partial charge in [0.2, 0.25) is 5.95 Å². The van der Waals surface area contributed by atoms with Crippen LogP contribution in [-0.4, -0.2) is 16.0 Å². The molecule has 0 unspecified atom stereocenters. The van der Waals surface area contributed by atoms with Gasteiger partial charge in [0.05, 0.1) is 5.69 Å². The third-order valence-corrected chi connectivity index (χ3v) is 2.77. The molecule has 1 heterocycles. The summed E-state index contributed by atoms with van der Waals surface area (Å²) >= 11 is 0. The molecule has 18 heavy (non-hydrogen) atoms. The number of hydrogen-bond donors (Lipinski definition) is 1. The van der Waals surface area contributed by atoms with Gasteiger partial charge in [0, 0.05) is 17.8 Å². The van der Waals surface area contributed by atoms with Gasteiger partial charge in [-0.25, -0.2) is 18.7 Å². The molecule has 1 aromatic carbocycles. The van der Waals surface area contributed by atoms with Gasteiger partial charge in [-0.2, -0.15) is 0 Å². The summed E-state index contributed by atoms with van der Waals surface area (Å²) in [5, 5.41) is 3.12. The van der Waals surface area contributed by atoms with Crippen molar-refractivity contribution < 1.29 is 8.78 Å². The molecule has 1 fully saturated rings. The van der Waals surface area contributed by atoms with Crippen LogP contribution in [0.5, 0.6) is 0 Å². The van der Waals surface area contributed by atoms with Crippen molar-refractivity contribution in [3.8, 4) is 11.3 Å². The van der Waals surface area contributed by atoms with Crippen LogP contribution < -0.4 is 5.32 Å². The van der Waals surface area contributed by atoms with Gasteiger partial charge in [0.25, 0.3) is 0 Å². The van der Waals surface area contributed by atoms with Gasteiger partial charge in [0.1, 0.15) is 11.6 Å². The van der Waals surface area contributed by atoms with Crippen molar-refractivity contribution in [3.05, 3.63) is 42.1 Å². The molecule has 92 valence electrons. The predicted octanol–water partition coefficient (Wildman–Crippen LogP) is 3.00. The zero-order valence-electron chi connectivity index (χ0n) is 9.53. The number of benzene rings is 1. The lowest BCUT2D eigenvalue weighted by atomic mass is 10.1. The van der Waals surface area contributed by atoms with Gasteiger partial charge in [-0.1, -0.05) is 0 Å². The van der Waals surface area contributed by atoms with E-state index in [1.165, 1.54) is 6.20 Å². The van der Waals surface area contributed by atoms with Crippen LogP contribution in [0.2, 0.25) is 0 Å². The van der Waals surface area contributed by atoms with E-state index < -0.39 is 11.6 Å². The number of nitrogens with zero attached hydrogens (tertiary/aromatic N) is 2. The quantitative estimate of drug-likeness (QED) is 0.906. The lowest BCUT2D eigenvalue weighted by Gasteiger charge is -2.06. The molecule has 3 nitrogen and oxygen atoms in total. The second-order valence-corrected chi connectivity index (χ2v) is 4.31. The molecule has 2 aromatic rings. The normalized spacial score (nSPS) is 14.6. The van der Waals surface area contributed by atoms with Crippen LogP contribution in [0.1, 0.15) is 12.8 Å². The fourth-order valence-corrected chi connectivity index (χ4v) is 1.68. The minimum atomic E-state index is -0.493. The summed E-state index contributed by atoms with van der Waals surface area (Å²) in [6, 6.07) is 5.30. The number of rotatable bonds is 3. The molecule has 0 saturated heterocycles. The van der Waals surface area contributed by atoms with Gasteiger partial charge in [-0.15, -0.1) is 0 Å². The molecule has 1 saturated carbocycles. The molecule has 3 rings (SSSR count). The van der Waals surface area contributed by atoms with Crippen LogP contribution in [-0.2, 0) is 0 Å². The van der Waals surface area contributed by atoms with E-state index in [4.69, 9.17) is 0 Å². The van der Waals surface area contributed by atoms with E-state index in [0.717, 1.165) is 31.0 Å². The zero-order chi connectivity index (χ0) is 12.5. The first-order valence-electron chi connectivity index (χ1n) is 5.77. The van der Waals surface area contributed by atoms with Gasteiger partial charge in [0.15, 0.2) is 0 Å². The Morgan fingerprint density at radius 1 is 1.17 bits per heavy atom. The van der Waals surface area contributed by atoms with Gasteiger partial charge >= 0.3 is 0 Å². The molecule has 5 heteroatoms. The first-order valence-corrected chi connectivity index (χ1v) is 5.77. The van der Waals surface area contributed by atoms with Crippen LogP contribution in [0.4, 0.5) is 14.7 Å². The van der Waals surface area contributed by atoms with Crippen molar-refractivity contribution in [1.82, 2.24) is 9.97 Å². The standard InChI is InChI=1S/C13H11F2N3/c14-8-1-4-11(15)10(7-8)12-5-6-16-13(18-12)17-9-2-3-9/h1,4-7,9H,2-3H2,(H,16,17,18). The topological polar surface area (TPSA) is 37.8 Å². The third-order valence-electron chi connectivity index (χ3n) is 2.77. The van der Waals surface area contributed by atoms with E-state index >= 15 is 0 Å². The van der Waals surface area contributed by atoms with E-state index in [2.05, 4.69) is 15.3 Å². The molecular weight excluding hydrogens is 236 g/mol. The van der Waals surface area contributed by atoms with Crippen molar-refractivity contribution in [2.45, 2.75) is 18.9 Å². The average Bonchev–Trinajstić information content (AvgIpc) is 3.16. The molecule has 0 bridgehead atoms. The number of halogens is 2. The van der Waals surface area contributed by atoms with Gasteiger partial charge in [-0.05, 0) is 37.1 Å². The van der Waals surface area contributed by atoms with Crippen LogP contribution in [0.25, 0.3) is 11.3 Å². The molecular formula is C13H11F2N3. The van der Waals surface area contributed by atoms with Gasteiger partial charge in [-0.3, -0.25) is 0 Å². The number of hydrogen-bond acceptors (Lipinski definition) is 3. The second kappa shape index (κ2) is 4.33. The molecule has 1 aromatic heterocycles. The van der Waals surface area contributed by atoms with Crippen molar-refractivity contribution in [3.63, 3.8) is 0 Å². The third kappa shape index (κ3) is 2.30. The largest absolute Gasteiger partial charge is 0.351 e. The summed E-state index contributed by atoms with van der Waals surface area (Å²) in [6.45, 7) is 0. The minimum Gasteiger partial charge on any atom is -0.351 e. The predicted molar refractivity (Wildman–Crippen MR) is 64.0 cm³/mol. The maximum Gasteiger partial charge on any atom is 0.223 e. The highest BCUT2D eigenvalue weighted by Crippen LogP contribution is 2.25. The Balaban J connectivity index is 1.96. The lowest BCUT2D eigenvalue weighted by Crippen LogP contribution is -2.05. The fraction of sp³-hybridized carbons (Fsp3) is 0.231. The Kier molecular flexibility index (Phi) is 2.66. The lowest BCUT2D eigenvalue weighted by molar-refractivity contribution is 0.602. The fourth-order valence-electron chi connectivity index (χ4n) is 1.68. The van der Waals surface area contributed by atoms with E-state index in [-0.39, 0.29) is 5.56 Å². The van der Waals surface area contributed by atoms with E-state index in [1.807, 2.05) is 0 Å². The Hall–Kier alpha value is -2.04. The average molecular weight is 247 g/mol. The van der Waals surface area contributed by atoms with Crippen molar-refractivity contribution in [1.29, 1.82) is 0 Å². The highest BCUT2D eigenvalue weighted by Gasteiger charge is 2.22. The maximum absolute atomic E-state index is 13.6. The van der Waals surface area contributed by atoms with E-state index in [9.17, 15) is 8.78 Å². The van der Waals surface area contributed by atoms with Crippen LogP contribution in [0.15, 0.2) is 30.5 Å². The smallest absolute Gasteiger partial charge is 0.223 e. The summed E-state index contributed by atoms with van der Waals surface area (Å²) in [4.78, 5) is 8.25. The monoisotopic (exact) mass is 247 g/mol. The molecule has 0 radical (unpaired) electrons. The Labute approximate surface area is 103 Å². The summed E-state index contributed by atoms with van der Waals surface area (Å²) in [5.74, 6) is -0.521. The first-order chi connectivity index (χ1) is 8.72. The molecule has 1 N–H and O–H groups in total. The number of nitrogens with one attached hydrogen (secondary N) is 1. The SMILES string of the molecule is Fc1ccc(F)c(-c2ccnc(NC3CC3)n2)c1. The molecule has 0 amide bonds. The minimum absolute atomic E-state index is 0.149. The molecule has 0 aliphatic heterocycles. The molecule has 0 atom stereocenters. The molecule has 0 spiro atoms. The van der Waals surface area contributed by atoms with Crippen LogP contribution in [0, 0.1) is 11.6 Å². The summed E-state index contributed by atoms with van der Waals surface area (Å²) in [5.41, 5.74) is 0.529. The van der Waals surface area contributed by atoms with Crippen molar-refractivity contribution in [2.24, 2.45) is 0 Å². The Morgan fingerprint density at radius 2 is 2.00 bits per heavy atom. The Bertz CT molecular complexity index is 582. The van der Waals surface area contributed by atoms with Gasteiger partial charge < -0.3 is 5.32 Å². The number of anilines is 1. The summed E-state index contributed by atoms with van der Waals surface area (Å²) in [7, 11) is 0. The van der Waals surface area contributed by atoms with Crippen LogP contribution in [0.3, 0.4) is 0 Å². The summed E-state index contributed by atoms with van der Waals surface area (Å²) < 4.78 is 26.7. The zero-order valence-corrected chi connectivity index (χ0v) is 9.53. The second-order valence-electron chi connectivity index (χ2n) is 4.31. The highest BCUT2D eigenvalue weighted by molar-refractivity contribution is 5.60. The van der Waals surface area contributed by atoms with Crippen LogP contribution >= 0.6 is 0 Å². The van der Waals surface area contributed by atoms with E-state index in [1.54, 1.807) is 6.07 Å². The highest BCUT2D eigenvalue weighted by atomic mass is 19.1. The maximum atomic E-state index is 13.6. The molecule has 1 aliphatic rings.